The molecule has 1 saturated heterocycles. The first kappa shape index (κ1) is 16.2. The number of piperidine rings is 1. The highest BCUT2D eigenvalue weighted by Gasteiger charge is 2.46. The Balaban J connectivity index is 2.69. The van der Waals surface area contributed by atoms with Gasteiger partial charge in [0.2, 0.25) is 6.10 Å². The Bertz CT molecular complexity index is 416. The lowest BCUT2D eigenvalue weighted by Gasteiger charge is -2.25. The van der Waals surface area contributed by atoms with Crippen LogP contribution in [0, 0.1) is 5.92 Å². The second-order valence-electron chi connectivity index (χ2n) is 4.24. The van der Waals surface area contributed by atoms with Gasteiger partial charge >= 0.3 is 12.1 Å². The SMILES string of the molecule is O=C(OC(CS(=O)(=O)O)C(F)(F)F)C1CCNCC1. The highest BCUT2D eigenvalue weighted by Crippen LogP contribution is 2.26. The molecule has 1 atom stereocenters. The first-order valence-corrected chi connectivity index (χ1v) is 7.13. The molecule has 1 heterocycles. The maximum absolute atomic E-state index is 12.5. The molecule has 1 aliphatic heterocycles. The van der Waals surface area contributed by atoms with Gasteiger partial charge in [-0.05, 0) is 25.9 Å². The molecule has 0 radical (unpaired) electrons. The molecule has 19 heavy (non-hydrogen) atoms. The van der Waals surface area contributed by atoms with Crippen LogP contribution >= 0.6 is 0 Å². The van der Waals surface area contributed by atoms with E-state index >= 15 is 0 Å². The van der Waals surface area contributed by atoms with Crippen molar-refractivity contribution in [2.75, 3.05) is 18.8 Å². The number of hydrogen-bond donors (Lipinski definition) is 2. The second-order valence-corrected chi connectivity index (χ2v) is 5.74. The van der Waals surface area contributed by atoms with Gasteiger partial charge in [0, 0.05) is 0 Å². The van der Waals surface area contributed by atoms with Crippen molar-refractivity contribution in [1.82, 2.24) is 5.32 Å². The van der Waals surface area contributed by atoms with Gasteiger partial charge in [-0.1, -0.05) is 0 Å². The number of halogens is 3. The lowest BCUT2D eigenvalue weighted by Crippen LogP contribution is -2.42. The van der Waals surface area contributed by atoms with E-state index in [-0.39, 0.29) is 0 Å². The minimum absolute atomic E-state index is 0.329. The third-order valence-electron chi connectivity index (χ3n) is 2.66. The third kappa shape index (κ3) is 5.74. The first-order valence-electron chi connectivity index (χ1n) is 5.52. The van der Waals surface area contributed by atoms with Crippen LogP contribution in [0.4, 0.5) is 13.2 Å². The third-order valence-corrected chi connectivity index (χ3v) is 3.38. The Morgan fingerprint density at radius 2 is 1.89 bits per heavy atom. The van der Waals surface area contributed by atoms with E-state index in [0.29, 0.717) is 25.9 Å². The number of nitrogens with one attached hydrogen (secondary N) is 1. The maximum Gasteiger partial charge on any atom is 0.426 e. The fourth-order valence-corrected chi connectivity index (χ4v) is 2.32. The number of carbonyl (C=O) groups is 1. The Morgan fingerprint density at radius 1 is 1.37 bits per heavy atom. The molecular formula is C9H14F3NO5S. The Morgan fingerprint density at radius 3 is 2.32 bits per heavy atom. The maximum atomic E-state index is 12.5. The van der Waals surface area contributed by atoms with E-state index in [1.807, 2.05) is 0 Å². The zero-order valence-electron chi connectivity index (χ0n) is 9.81. The smallest absolute Gasteiger partial charge is 0.426 e. The molecule has 0 aromatic rings. The summed E-state index contributed by atoms with van der Waals surface area (Å²) in [6.45, 7) is 0.962. The number of carbonyl (C=O) groups excluding carboxylic acids is 1. The lowest BCUT2D eigenvalue weighted by atomic mass is 9.98. The van der Waals surface area contributed by atoms with Crippen LogP contribution in [0.5, 0.6) is 0 Å². The van der Waals surface area contributed by atoms with Crippen LogP contribution in [0.3, 0.4) is 0 Å². The van der Waals surface area contributed by atoms with Crippen LogP contribution in [0.15, 0.2) is 0 Å². The zero-order valence-corrected chi connectivity index (χ0v) is 10.6. The first-order chi connectivity index (χ1) is 8.59. The summed E-state index contributed by atoms with van der Waals surface area (Å²) in [5, 5.41) is 2.93. The van der Waals surface area contributed by atoms with Crippen molar-refractivity contribution in [3.8, 4) is 0 Å². The van der Waals surface area contributed by atoms with Crippen molar-refractivity contribution in [2.24, 2.45) is 5.92 Å². The van der Waals surface area contributed by atoms with Crippen molar-refractivity contribution in [2.45, 2.75) is 25.1 Å². The molecule has 1 aliphatic rings. The minimum Gasteiger partial charge on any atom is -0.451 e. The molecule has 1 unspecified atom stereocenters. The van der Waals surface area contributed by atoms with E-state index in [4.69, 9.17) is 4.55 Å². The van der Waals surface area contributed by atoms with Crippen LogP contribution in [0.25, 0.3) is 0 Å². The van der Waals surface area contributed by atoms with Crippen molar-refractivity contribution in [3.05, 3.63) is 0 Å². The van der Waals surface area contributed by atoms with Gasteiger partial charge in [-0.25, -0.2) is 0 Å². The van der Waals surface area contributed by atoms with Gasteiger partial charge in [-0.2, -0.15) is 21.6 Å². The Kier molecular flexibility index (Phi) is 5.16. The van der Waals surface area contributed by atoms with Crippen LogP contribution in [-0.2, 0) is 19.6 Å². The van der Waals surface area contributed by atoms with Crippen LogP contribution < -0.4 is 5.32 Å². The monoisotopic (exact) mass is 305 g/mol. The Labute approximate surface area is 108 Å². The minimum atomic E-state index is -5.04. The largest absolute Gasteiger partial charge is 0.451 e. The summed E-state index contributed by atoms with van der Waals surface area (Å²) in [6.07, 6.45) is -7.23. The second kappa shape index (κ2) is 6.06. The summed E-state index contributed by atoms with van der Waals surface area (Å²) in [7, 11) is -4.89. The molecule has 0 amide bonds. The van der Waals surface area contributed by atoms with Crippen molar-refractivity contribution in [1.29, 1.82) is 0 Å². The molecule has 0 aromatic heterocycles. The molecule has 0 aromatic carbocycles. The number of rotatable bonds is 4. The van der Waals surface area contributed by atoms with E-state index < -0.39 is 40.0 Å². The van der Waals surface area contributed by atoms with Gasteiger partial charge in [0.25, 0.3) is 10.1 Å². The fourth-order valence-electron chi connectivity index (χ4n) is 1.68. The Hall–Kier alpha value is -0.870. The molecule has 0 aliphatic carbocycles. The van der Waals surface area contributed by atoms with Crippen molar-refractivity contribution in [3.63, 3.8) is 0 Å². The molecule has 0 saturated carbocycles. The highest BCUT2D eigenvalue weighted by atomic mass is 32.2. The normalized spacial score (nSPS) is 20.0. The number of alkyl halides is 3. The van der Waals surface area contributed by atoms with Crippen molar-refractivity contribution >= 4 is 16.1 Å². The summed E-state index contributed by atoms with van der Waals surface area (Å²) < 4.78 is 71.2. The predicted molar refractivity (Wildman–Crippen MR) is 57.9 cm³/mol. The number of ether oxygens (including phenoxy) is 1. The molecule has 6 nitrogen and oxygen atoms in total. The average Bonchev–Trinajstić information content (AvgIpc) is 2.26. The van der Waals surface area contributed by atoms with Gasteiger partial charge < -0.3 is 10.1 Å². The molecule has 2 N–H and O–H groups in total. The zero-order chi connectivity index (χ0) is 14.7. The lowest BCUT2D eigenvalue weighted by molar-refractivity contribution is -0.217. The van der Waals surface area contributed by atoms with Gasteiger partial charge in [-0.3, -0.25) is 9.35 Å². The van der Waals surface area contributed by atoms with Gasteiger partial charge in [0.1, 0.15) is 5.75 Å². The van der Waals surface area contributed by atoms with E-state index in [2.05, 4.69) is 10.1 Å². The molecule has 0 spiro atoms. The summed E-state index contributed by atoms with van der Waals surface area (Å²) in [4.78, 5) is 11.5. The van der Waals surface area contributed by atoms with Gasteiger partial charge in [0.05, 0.1) is 5.92 Å². The molecule has 1 fully saturated rings. The van der Waals surface area contributed by atoms with Crippen LogP contribution in [0.1, 0.15) is 12.8 Å². The summed E-state index contributed by atoms with van der Waals surface area (Å²) >= 11 is 0. The average molecular weight is 305 g/mol. The van der Waals surface area contributed by atoms with Crippen LogP contribution in [0.2, 0.25) is 0 Å². The summed E-state index contributed by atoms with van der Waals surface area (Å²) in [5.41, 5.74) is 0. The molecule has 10 heteroatoms. The molecular weight excluding hydrogens is 291 g/mol. The highest BCUT2D eigenvalue weighted by molar-refractivity contribution is 7.85. The summed E-state index contributed by atoms with van der Waals surface area (Å²) in [6, 6.07) is 0. The van der Waals surface area contributed by atoms with Crippen LogP contribution in [-0.4, -0.2) is 50.1 Å². The van der Waals surface area contributed by atoms with E-state index in [1.165, 1.54) is 0 Å². The quantitative estimate of drug-likeness (QED) is 0.575. The van der Waals surface area contributed by atoms with Gasteiger partial charge in [-0.15, -0.1) is 0 Å². The standard InChI is InChI=1S/C9H14F3NO5S/c10-9(11,12)7(5-19(15,16)17)18-8(14)6-1-3-13-4-2-6/h6-7,13H,1-5H2,(H,15,16,17). The molecule has 112 valence electrons. The van der Waals surface area contributed by atoms with E-state index in [0.717, 1.165) is 0 Å². The van der Waals surface area contributed by atoms with Gasteiger partial charge in [0.15, 0.2) is 0 Å². The summed E-state index contributed by atoms with van der Waals surface area (Å²) in [5.74, 6) is -3.47. The molecule has 0 bridgehead atoms. The fraction of sp³-hybridized carbons (Fsp3) is 0.889. The van der Waals surface area contributed by atoms with Crippen molar-refractivity contribution < 1.29 is 35.7 Å². The van der Waals surface area contributed by atoms with E-state index in [1.54, 1.807) is 0 Å². The molecule has 1 rings (SSSR count). The number of hydrogen-bond acceptors (Lipinski definition) is 5. The predicted octanol–water partition coefficient (Wildman–Crippen LogP) is 0.348. The number of esters is 1. The topological polar surface area (TPSA) is 92.7 Å². The van der Waals surface area contributed by atoms with E-state index in [9.17, 15) is 26.4 Å².